The van der Waals surface area contributed by atoms with Gasteiger partial charge >= 0.3 is 6.01 Å². The van der Waals surface area contributed by atoms with Gasteiger partial charge in [-0.2, -0.15) is 10.1 Å². The van der Waals surface area contributed by atoms with Crippen molar-refractivity contribution >= 4 is 23.1 Å². The molecule has 0 aliphatic carbocycles. The number of carbonyl (C=O) groups excluding carboxylic acids is 1. The number of rotatable bonds is 6. The fourth-order valence-electron chi connectivity index (χ4n) is 3.43. The van der Waals surface area contributed by atoms with Crippen LogP contribution in [-0.2, 0) is 13.6 Å². The lowest BCUT2D eigenvalue weighted by Gasteiger charge is -2.08. The summed E-state index contributed by atoms with van der Waals surface area (Å²) in [6.45, 7) is -0.0316. The second-order valence-corrected chi connectivity index (χ2v) is 7.83. The molecule has 0 spiro atoms. The second-order valence-electron chi connectivity index (χ2n) is 7.83. The van der Waals surface area contributed by atoms with Crippen molar-refractivity contribution in [3.8, 4) is 22.5 Å². The molecule has 0 bridgehead atoms. The summed E-state index contributed by atoms with van der Waals surface area (Å²) in [6.07, 6.45) is 5.19. The normalized spacial score (nSPS) is 11.2. The minimum atomic E-state index is -0.560. The molecule has 1 amide bonds. The predicted molar refractivity (Wildman–Crippen MR) is 121 cm³/mol. The molecule has 5 rings (SSSR count). The van der Waals surface area contributed by atoms with E-state index in [2.05, 4.69) is 35.5 Å². The molecule has 11 nitrogen and oxygen atoms in total. The third-order valence-corrected chi connectivity index (χ3v) is 5.17. The van der Waals surface area contributed by atoms with Crippen molar-refractivity contribution in [2.45, 2.75) is 6.54 Å². The standard InChI is InChI=1S/C22H20FN9O2/c1-31(2)22-29-20(30-34-22)21(33)25-9-13-5-4-12(8-16(13)23)15-6-7-24-19-17(15)27-18(28-19)14-10-26-32(3)11-14/h4-8,10-11H,9H2,1-3H3,(H,25,33)(H,24,27,28). The lowest BCUT2D eigenvalue weighted by Crippen LogP contribution is -2.24. The molecular formula is C22H20FN9O2. The molecule has 0 saturated heterocycles. The predicted octanol–water partition coefficient (Wildman–Crippen LogP) is 2.54. The number of fused-ring (bicyclic) bond motifs is 1. The van der Waals surface area contributed by atoms with Gasteiger partial charge in [-0.15, -0.1) is 0 Å². The Balaban J connectivity index is 1.37. The number of anilines is 1. The van der Waals surface area contributed by atoms with Gasteiger partial charge in [-0.25, -0.2) is 14.4 Å². The zero-order valence-corrected chi connectivity index (χ0v) is 18.6. The smallest absolute Gasteiger partial charge is 0.324 e. The van der Waals surface area contributed by atoms with Gasteiger partial charge in [0, 0.05) is 51.2 Å². The first kappa shape index (κ1) is 21.2. The molecule has 0 unspecified atom stereocenters. The topological polar surface area (TPSA) is 131 Å². The van der Waals surface area contributed by atoms with Gasteiger partial charge in [0.05, 0.1) is 11.8 Å². The number of nitrogens with zero attached hydrogens (tertiary/aromatic N) is 7. The molecule has 5 aromatic rings. The number of hydrogen-bond donors (Lipinski definition) is 2. The SMILES string of the molecule is CN(C)c1nc(C(=O)NCc2ccc(-c3ccnc4[nH]c(-c5cnn(C)c5)nc34)cc2F)no1. The summed E-state index contributed by atoms with van der Waals surface area (Å²) in [5.74, 6) is -0.520. The summed E-state index contributed by atoms with van der Waals surface area (Å²) >= 11 is 0. The van der Waals surface area contributed by atoms with Crippen LogP contribution in [0.25, 0.3) is 33.7 Å². The zero-order valence-electron chi connectivity index (χ0n) is 18.6. The maximum Gasteiger partial charge on any atom is 0.324 e. The summed E-state index contributed by atoms with van der Waals surface area (Å²) in [5, 5.41) is 10.4. The lowest BCUT2D eigenvalue weighted by atomic mass is 10.0. The van der Waals surface area contributed by atoms with Crippen molar-refractivity contribution in [3.05, 3.63) is 60.1 Å². The highest BCUT2D eigenvalue weighted by atomic mass is 19.1. The van der Waals surface area contributed by atoms with Crippen LogP contribution in [0.15, 0.2) is 47.4 Å². The van der Waals surface area contributed by atoms with Crippen LogP contribution in [0.5, 0.6) is 0 Å². The van der Waals surface area contributed by atoms with Gasteiger partial charge in [0.2, 0.25) is 0 Å². The van der Waals surface area contributed by atoms with E-state index in [1.165, 1.54) is 6.07 Å². The van der Waals surface area contributed by atoms with E-state index in [9.17, 15) is 9.18 Å². The number of halogens is 1. The van der Waals surface area contributed by atoms with Gasteiger partial charge < -0.3 is 19.7 Å². The number of pyridine rings is 1. The number of benzene rings is 1. The number of aryl methyl sites for hydroxylation is 1. The Labute approximate surface area is 192 Å². The van der Waals surface area contributed by atoms with E-state index in [-0.39, 0.29) is 18.4 Å². The summed E-state index contributed by atoms with van der Waals surface area (Å²) in [4.78, 5) is 30.0. The quantitative estimate of drug-likeness (QED) is 0.395. The first-order valence-corrected chi connectivity index (χ1v) is 10.3. The lowest BCUT2D eigenvalue weighted by molar-refractivity contribution is 0.0937. The summed E-state index contributed by atoms with van der Waals surface area (Å²) in [7, 11) is 5.25. The van der Waals surface area contributed by atoms with Gasteiger partial charge in [-0.05, 0) is 22.9 Å². The van der Waals surface area contributed by atoms with E-state index < -0.39 is 11.7 Å². The molecule has 12 heteroatoms. The second kappa shape index (κ2) is 8.39. The zero-order chi connectivity index (χ0) is 23.8. The molecule has 0 aliphatic heterocycles. The van der Waals surface area contributed by atoms with Crippen molar-refractivity contribution in [2.24, 2.45) is 7.05 Å². The van der Waals surface area contributed by atoms with Gasteiger partial charge in [-0.1, -0.05) is 12.1 Å². The number of carbonyl (C=O) groups is 1. The third kappa shape index (κ3) is 3.96. The summed E-state index contributed by atoms with van der Waals surface area (Å²) in [6, 6.07) is 6.79. The molecular weight excluding hydrogens is 441 g/mol. The molecule has 0 atom stereocenters. The first-order chi connectivity index (χ1) is 16.4. The number of nitrogens with one attached hydrogen (secondary N) is 2. The van der Waals surface area contributed by atoms with Crippen LogP contribution in [0.1, 0.15) is 16.2 Å². The van der Waals surface area contributed by atoms with Gasteiger partial charge in [0.25, 0.3) is 11.7 Å². The Kier molecular flexibility index (Phi) is 5.24. The maximum absolute atomic E-state index is 14.9. The fraction of sp³-hybridized carbons (Fsp3) is 0.182. The minimum absolute atomic E-state index is 0.0316. The Bertz CT molecular complexity index is 1500. The van der Waals surface area contributed by atoms with Crippen LogP contribution in [0.2, 0.25) is 0 Å². The van der Waals surface area contributed by atoms with E-state index in [0.717, 1.165) is 11.1 Å². The summed E-state index contributed by atoms with van der Waals surface area (Å²) in [5.41, 5.74) is 3.72. The minimum Gasteiger partial charge on any atom is -0.345 e. The van der Waals surface area contributed by atoms with E-state index in [1.54, 1.807) is 54.3 Å². The van der Waals surface area contributed by atoms with Gasteiger partial charge in [-0.3, -0.25) is 9.48 Å². The molecule has 172 valence electrons. The van der Waals surface area contributed by atoms with E-state index in [4.69, 9.17) is 4.52 Å². The number of hydrogen-bond acceptors (Lipinski definition) is 8. The van der Waals surface area contributed by atoms with Crippen LogP contribution in [0.4, 0.5) is 10.4 Å². The molecule has 0 aliphatic rings. The largest absolute Gasteiger partial charge is 0.345 e. The number of imidazole rings is 1. The van der Waals surface area contributed by atoms with Gasteiger partial charge in [0.15, 0.2) is 5.65 Å². The Morgan fingerprint density at radius 2 is 2.09 bits per heavy atom. The molecule has 4 heterocycles. The number of aromatic nitrogens is 7. The van der Waals surface area contributed by atoms with Crippen molar-refractivity contribution in [1.29, 1.82) is 0 Å². The van der Waals surface area contributed by atoms with Crippen molar-refractivity contribution in [1.82, 2.24) is 40.2 Å². The number of H-pyrrole nitrogens is 1. The number of amides is 1. The average Bonchev–Trinajstić information content (AvgIpc) is 3.56. The van der Waals surface area contributed by atoms with E-state index in [1.807, 2.05) is 13.2 Å². The molecule has 0 radical (unpaired) electrons. The Hall–Kier alpha value is -4.61. The van der Waals surface area contributed by atoms with Crippen molar-refractivity contribution < 1.29 is 13.7 Å². The van der Waals surface area contributed by atoms with Crippen LogP contribution in [-0.4, -0.2) is 54.9 Å². The molecule has 4 aromatic heterocycles. The molecule has 1 aromatic carbocycles. The van der Waals surface area contributed by atoms with Crippen LogP contribution >= 0.6 is 0 Å². The fourth-order valence-corrected chi connectivity index (χ4v) is 3.43. The monoisotopic (exact) mass is 461 g/mol. The molecule has 0 fully saturated rings. The van der Waals surface area contributed by atoms with Crippen molar-refractivity contribution in [2.75, 3.05) is 19.0 Å². The highest BCUT2D eigenvalue weighted by molar-refractivity contribution is 5.92. The number of aromatic amines is 1. The van der Waals surface area contributed by atoms with Crippen LogP contribution in [0.3, 0.4) is 0 Å². The van der Waals surface area contributed by atoms with Crippen LogP contribution in [0, 0.1) is 5.82 Å². The average molecular weight is 461 g/mol. The molecule has 0 saturated carbocycles. The van der Waals surface area contributed by atoms with Gasteiger partial charge in [0.1, 0.15) is 17.2 Å². The van der Waals surface area contributed by atoms with E-state index in [0.29, 0.717) is 28.1 Å². The Morgan fingerprint density at radius 1 is 1.24 bits per heavy atom. The van der Waals surface area contributed by atoms with Crippen LogP contribution < -0.4 is 10.2 Å². The summed E-state index contributed by atoms with van der Waals surface area (Å²) < 4.78 is 21.6. The third-order valence-electron chi connectivity index (χ3n) is 5.17. The van der Waals surface area contributed by atoms with E-state index >= 15 is 0 Å². The highest BCUT2D eigenvalue weighted by Gasteiger charge is 2.17. The molecule has 34 heavy (non-hydrogen) atoms. The molecule has 2 N–H and O–H groups in total. The maximum atomic E-state index is 14.9. The van der Waals surface area contributed by atoms with Crippen molar-refractivity contribution in [3.63, 3.8) is 0 Å². The highest BCUT2D eigenvalue weighted by Crippen LogP contribution is 2.29. The first-order valence-electron chi connectivity index (χ1n) is 10.3. The Morgan fingerprint density at radius 3 is 2.79 bits per heavy atom.